The molecule has 9 heteroatoms. The summed E-state index contributed by atoms with van der Waals surface area (Å²) in [5, 5.41) is 9.21. The summed E-state index contributed by atoms with van der Waals surface area (Å²) >= 11 is 1.72. The fourth-order valence-electron chi connectivity index (χ4n) is 4.75. The predicted molar refractivity (Wildman–Crippen MR) is 165 cm³/mol. The van der Waals surface area contributed by atoms with Crippen molar-refractivity contribution in [3.8, 4) is 0 Å². The summed E-state index contributed by atoms with van der Waals surface area (Å²) in [6.07, 6.45) is 1.82. The van der Waals surface area contributed by atoms with Gasteiger partial charge in [0.2, 0.25) is 0 Å². The second kappa shape index (κ2) is 14.4. The van der Waals surface area contributed by atoms with Gasteiger partial charge in [0.25, 0.3) is 0 Å². The number of thiophene rings is 1. The fraction of sp³-hybridized carbons (Fsp3) is 0.310. The zero-order valence-corrected chi connectivity index (χ0v) is 24.0. The first-order chi connectivity index (χ1) is 17.6. The highest BCUT2D eigenvalue weighted by Gasteiger charge is 2.18. The van der Waals surface area contributed by atoms with Crippen molar-refractivity contribution >= 4 is 64.5 Å². The van der Waals surface area contributed by atoms with Crippen LogP contribution in [0.2, 0.25) is 0 Å². The highest BCUT2D eigenvalue weighted by molar-refractivity contribution is 7.09. The Kier molecular flexibility index (Phi) is 11.2. The molecular weight excluding hydrogens is 537 g/mol. The van der Waals surface area contributed by atoms with Gasteiger partial charge in [0, 0.05) is 66.6 Å². The summed E-state index contributed by atoms with van der Waals surface area (Å²) in [5.41, 5.74) is 5.49. The number of aryl methyl sites for hydroxylation is 1. The molecule has 2 amide bonds. The van der Waals surface area contributed by atoms with Crippen molar-refractivity contribution in [3.63, 3.8) is 0 Å². The summed E-state index contributed by atoms with van der Waals surface area (Å²) in [4.78, 5) is 23.3. The van der Waals surface area contributed by atoms with E-state index in [4.69, 9.17) is 4.98 Å². The third-order valence-corrected chi connectivity index (χ3v) is 7.64. The summed E-state index contributed by atoms with van der Waals surface area (Å²) in [5.74, 6) is 0. The number of pyridine rings is 1. The first-order valence-electron chi connectivity index (χ1n) is 12.6. The molecular formula is C29H35Cl2N5OS. The maximum atomic E-state index is 12.3. The molecule has 0 atom stereocenters. The number of aromatic nitrogens is 1. The number of urea groups is 1. The van der Waals surface area contributed by atoms with Crippen LogP contribution < -0.4 is 15.5 Å². The van der Waals surface area contributed by atoms with E-state index >= 15 is 0 Å². The molecule has 1 saturated heterocycles. The summed E-state index contributed by atoms with van der Waals surface area (Å²) in [6.45, 7) is 7.80. The number of nitrogens with one attached hydrogen (secondary N) is 2. The standard InChI is InChI=1S/C29H33N5OS.2ClH/c1-22-10-11-26-27(31-22)8-3-9-28(26)34-18-16-33(17-19-34)15-13-23-5-2-6-24(21-23)32-29(35)30-14-12-25-7-4-20-36-25;;/h2-11,20-21H,12-19H2,1H3,(H2,30,32,35);2*1H. The van der Waals surface area contributed by atoms with Gasteiger partial charge in [-0.1, -0.05) is 24.3 Å². The molecule has 0 unspecified atom stereocenters. The van der Waals surface area contributed by atoms with Crippen LogP contribution in [0.15, 0.2) is 72.1 Å². The van der Waals surface area contributed by atoms with Crippen molar-refractivity contribution in [3.05, 3.63) is 88.2 Å². The molecule has 2 aromatic heterocycles. The first kappa shape index (κ1) is 29.7. The van der Waals surface area contributed by atoms with Gasteiger partial charge in [-0.2, -0.15) is 0 Å². The second-order valence-corrected chi connectivity index (χ2v) is 10.3. The topological polar surface area (TPSA) is 60.5 Å². The van der Waals surface area contributed by atoms with Gasteiger partial charge in [-0.15, -0.1) is 36.2 Å². The SMILES string of the molecule is Cc1ccc2c(N3CCN(CCc4cccc(NC(=O)NCCc5cccs5)c4)CC3)cccc2n1.Cl.Cl. The molecule has 1 fully saturated rings. The summed E-state index contributed by atoms with van der Waals surface area (Å²) < 4.78 is 0. The Balaban J connectivity index is 0.00000200. The maximum Gasteiger partial charge on any atom is 0.319 e. The van der Waals surface area contributed by atoms with E-state index in [-0.39, 0.29) is 30.8 Å². The number of amides is 2. The molecule has 6 nitrogen and oxygen atoms in total. The van der Waals surface area contributed by atoms with Gasteiger partial charge in [0.1, 0.15) is 0 Å². The van der Waals surface area contributed by atoms with Crippen LogP contribution in [0.3, 0.4) is 0 Å². The molecule has 0 spiro atoms. The molecule has 0 saturated carbocycles. The van der Waals surface area contributed by atoms with Gasteiger partial charge in [-0.05, 0) is 73.2 Å². The minimum absolute atomic E-state index is 0. The van der Waals surface area contributed by atoms with E-state index in [0.717, 1.165) is 62.5 Å². The Morgan fingerprint density at radius 2 is 1.76 bits per heavy atom. The van der Waals surface area contributed by atoms with E-state index in [1.165, 1.54) is 21.5 Å². The largest absolute Gasteiger partial charge is 0.368 e. The smallest absolute Gasteiger partial charge is 0.319 e. The van der Waals surface area contributed by atoms with Crippen molar-refractivity contribution in [2.24, 2.45) is 0 Å². The predicted octanol–water partition coefficient (Wildman–Crippen LogP) is 6.18. The highest BCUT2D eigenvalue weighted by atomic mass is 35.5. The van der Waals surface area contributed by atoms with Gasteiger partial charge in [0.05, 0.1) is 5.52 Å². The van der Waals surface area contributed by atoms with Crippen LogP contribution in [0.25, 0.3) is 10.9 Å². The number of hydrogen-bond donors (Lipinski definition) is 2. The lowest BCUT2D eigenvalue weighted by atomic mass is 10.1. The molecule has 5 rings (SSSR count). The van der Waals surface area contributed by atoms with Gasteiger partial charge in [-0.3, -0.25) is 9.88 Å². The van der Waals surface area contributed by atoms with Crippen molar-refractivity contribution in [2.75, 3.05) is 49.5 Å². The third kappa shape index (κ3) is 7.84. The number of anilines is 2. The van der Waals surface area contributed by atoms with Crippen LogP contribution in [0, 0.1) is 6.92 Å². The molecule has 202 valence electrons. The van der Waals surface area contributed by atoms with Crippen molar-refractivity contribution in [1.82, 2.24) is 15.2 Å². The monoisotopic (exact) mass is 571 g/mol. The lowest BCUT2D eigenvalue weighted by Gasteiger charge is -2.36. The molecule has 2 aromatic carbocycles. The van der Waals surface area contributed by atoms with E-state index in [1.807, 2.05) is 25.1 Å². The minimum Gasteiger partial charge on any atom is -0.368 e. The number of halogens is 2. The summed E-state index contributed by atoms with van der Waals surface area (Å²) in [7, 11) is 0. The van der Waals surface area contributed by atoms with Crippen LogP contribution in [0.5, 0.6) is 0 Å². The van der Waals surface area contributed by atoms with Crippen LogP contribution in [-0.4, -0.2) is 55.2 Å². The lowest BCUT2D eigenvalue weighted by Crippen LogP contribution is -2.47. The Bertz CT molecular complexity index is 1310. The van der Waals surface area contributed by atoms with Gasteiger partial charge < -0.3 is 15.5 Å². The van der Waals surface area contributed by atoms with Crippen molar-refractivity contribution < 1.29 is 4.79 Å². The number of benzene rings is 2. The van der Waals surface area contributed by atoms with Crippen LogP contribution >= 0.6 is 36.2 Å². The average molecular weight is 573 g/mol. The number of carbonyl (C=O) groups excluding carboxylic acids is 1. The molecule has 2 N–H and O–H groups in total. The van der Waals surface area contributed by atoms with Gasteiger partial charge >= 0.3 is 6.03 Å². The number of rotatable bonds is 8. The molecule has 1 aliphatic heterocycles. The van der Waals surface area contributed by atoms with Crippen molar-refractivity contribution in [1.29, 1.82) is 0 Å². The average Bonchev–Trinajstić information content (AvgIpc) is 3.41. The van der Waals surface area contributed by atoms with E-state index in [2.05, 4.69) is 74.3 Å². The van der Waals surface area contributed by atoms with E-state index in [9.17, 15) is 4.79 Å². The first-order valence-corrected chi connectivity index (χ1v) is 13.5. The molecule has 0 bridgehead atoms. The Hall–Kier alpha value is -2.84. The molecule has 1 aliphatic rings. The van der Waals surface area contributed by atoms with Crippen molar-refractivity contribution in [2.45, 2.75) is 19.8 Å². The van der Waals surface area contributed by atoms with E-state index in [1.54, 1.807) is 11.3 Å². The maximum absolute atomic E-state index is 12.3. The van der Waals surface area contributed by atoms with Gasteiger partial charge in [-0.25, -0.2) is 4.79 Å². The summed E-state index contributed by atoms with van der Waals surface area (Å²) in [6, 6.07) is 22.9. The number of nitrogens with zero attached hydrogens (tertiary/aromatic N) is 3. The van der Waals surface area contributed by atoms with Crippen LogP contribution in [0.4, 0.5) is 16.2 Å². The molecule has 0 radical (unpaired) electrons. The zero-order valence-electron chi connectivity index (χ0n) is 21.6. The highest BCUT2D eigenvalue weighted by Crippen LogP contribution is 2.27. The van der Waals surface area contributed by atoms with Crippen LogP contribution in [-0.2, 0) is 12.8 Å². The third-order valence-electron chi connectivity index (χ3n) is 6.70. The lowest BCUT2D eigenvalue weighted by molar-refractivity contribution is 0.252. The quantitative estimate of drug-likeness (QED) is 0.265. The number of piperazine rings is 1. The number of fused-ring (bicyclic) bond motifs is 1. The number of carbonyl (C=O) groups is 1. The fourth-order valence-corrected chi connectivity index (χ4v) is 5.46. The van der Waals surface area contributed by atoms with E-state index in [0.29, 0.717) is 6.54 Å². The van der Waals surface area contributed by atoms with E-state index < -0.39 is 0 Å². The number of hydrogen-bond acceptors (Lipinski definition) is 5. The van der Waals surface area contributed by atoms with Crippen LogP contribution in [0.1, 0.15) is 16.1 Å². The normalized spacial score (nSPS) is 13.4. The molecule has 4 aromatic rings. The Morgan fingerprint density at radius 1 is 0.947 bits per heavy atom. The van der Waals surface area contributed by atoms with Gasteiger partial charge in [0.15, 0.2) is 0 Å². The molecule has 0 aliphatic carbocycles. The second-order valence-electron chi connectivity index (χ2n) is 9.29. The Labute approximate surface area is 241 Å². The zero-order chi connectivity index (χ0) is 24.7. The molecule has 3 heterocycles. The molecule has 38 heavy (non-hydrogen) atoms. The Morgan fingerprint density at radius 3 is 2.55 bits per heavy atom. The minimum atomic E-state index is -0.154.